The van der Waals surface area contributed by atoms with Gasteiger partial charge < -0.3 is 14.4 Å². The normalized spacial score (nSPS) is 18.1. The van der Waals surface area contributed by atoms with Gasteiger partial charge in [0.1, 0.15) is 11.7 Å². The van der Waals surface area contributed by atoms with E-state index in [-0.39, 0.29) is 24.5 Å². The van der Waals surface area contributed by atoms with Crippen LogP contribution in [0, 0.1) is 6.92 Å². The fraction of sp³-hybridized carbons (Fsp3) is 0.524. The van der Waals surface area contributed by atoms with E-state index in [9.17, 15) is 14.4 Å². The molecule has 0 atom stereocenters. The molecule has 2 aliphatic rings. The largest absolute Gasteiger partial charge is 0.474 e. The summed E-state index contributed by atoms with van der Waals surface area (Å²) in [5.41, 5.74) is 0.589. The van der Waals surface area contributed by atoms with Crippen LogP contribution in [0.3, 0.4) is 0 Å². The van der Waals surface area contributed by atoms with Crippen molar-refractivity contribution in [1.82, 2.24) is 15.2 Å². The van der Waals surface area contributed by atoms with E-state index in [1.807, 2.05) is 0 Å². The van der Waals surface area contributed by atoms with Gasteiger partial charge in [0.15, 0.2) is 0 Å². The first-order valence-corrected chi connectivity index (χ1v) is 10.1. The smallest absolute Gasteiger partial charge is 0.410 e. The fourth-order valence-electron chi connectivity index (χ4n) is 3.33. The third-order valence-corrected chi connectivity index (χ3v) is 5.21. The van der Waals surface area contributed by atoms with E-state index in [0.717, 1.165) is 0 Å². The van der Waals surface area contributed by atoms with Crippen LogP contribution < -0.4 is 15.0 Å². The first-order chi connectivity index (χ1) is 14.2. The van der Waals surface area contributed by atoms with Crippen molar-refractivity contribution in [2.24, 2.45) is 0 Å². The molecule has 30 heavy (non-hydrogen) atoms. The number of rotatable bonds is 5. The van der Waals surface area contributed by atoms with Gasteiger partial charge in [-0.25, -0.2) is 14.6 Å². The van der Waals surface area contributed by atoms with E-state index in [1.165, 1.54) is 4.90 Å². The third-order valence-electron chi connectivity index (χ3n) is 5.21. The number of urea groups is 1. The zero-order valence-corrected chi connectivity index (χ0v) is 17.6. The van der Waals surface area contributed by atoms with Crippen molar-refractivity contribution < 1.29 is 23.9 Å². The number of likely N-dealkylation sites (tertiary alicyclic amines) is 1. The van der Waals surface area contributed by atoms with Crippen molar-refractivity contribution >= 4 is 23.7 Å². The maximum Gasteiger partial charge on any atom is 0.410 e. The van der Waals surface area contributed by atoms with Gasteiger partial charge in [-0.1, -0.05) is 6.58 Å². The summed E-state index contributed by atoms with van der Waals surface area (Å²) in [6.45, 7) is 10.5. The van der Waals surface area contributed by atoms with Crippen LogP contribution in [0.25, 0.3) is 0 Å². The van der Waals surface area contributed by atoms with Gasteiger partial charge in [0.05, 0.1) is 11.4 Å². The van der Waals surface area contributed by atoms with E-state index in [2.05, 4.69) is 16.9 Å². The standard InChI is InChI=1S/C21H28N4O5/c1-5-21(3,4)30-20(28)24-11-8-15(9-12-24)29-18-7-6-16(14(2)22-18)25-13-10-17(26)23-19(25)27/h5-7,15H,1,8-13H2,2-4H3,(H,23,26,27). The molecule has 4 amide bonds. The van der Waals surface area contributed by atoms with Gasteiger partial charge in [0, 0.05) is 45.0 Å². The predicted octanol–water partition coefficient (Wildman–Crippen LogP) is 2.78. The molecule has 0 aromatic carbocycles. The Bertz CT molecular complexity index is 846. The number of piperidine rings is 1. The minimum atomic E-state index is -0.702. The highest BCUT2D eigenvalue weighted by Crippen LogP contribution is 2.25. The maximum absolute atomic E-state index is 12.3. The van der Waals surface area contributed by atoms with Gasteiger partial charge >= 0.3 is 12.1 Å². The van der Waals surface area contributed by atoms with E-state index in [1.54, 1.807) is 43.9 Å². The van der Waals surface area contributed by atoms with Crippen molar-refractivity contribution in [3.63, 3.8) is 0 Å². The first-order valence-electron chi connectivity index (χ1n) is 10.1. The summed E-state index contributed by atoms with van der Waals surface area (Å²) in [5, 5.41) is 2.31. The molecule has 9 heteroatoms. The number of pyridine rings is 1. The molecule has 0 radical (unpaired) electrons. The Hall–Kier alpha value is -3.10. The van der Waals surface area contributed by atoms with E-state index in [4.69, 9.17) is 9.47 Å². The van der Waals surface area contributed by atoms with Crippen molar-refractivity contribution in [3.8, 4) is 5.88 Å². The number of imide groups is 1. The monoisotopic (exact) mass is 416 g/mol. The Kier molecular flexibility index (Phi) is 6.28. The summed E-state index contributed by atoms with van der Waals surface area (Å²) in [6.07, 6.45) is 2.79. The predicted molar refractivity (Wildman–Crippen MR) is 110 cm³/mol. The second kappa shape index (κ2) is 8.73. The van der Waals surface area contributed by atoms with Crippen LogP contribution >= 0.6 is 0 Å². The number of amides is 4. The lowest BCUT2D eigenvalue weighted by Crippen LogP contribution is -2.49. The Morgan fingerprint density at radius 2 is 1.97 bits per heavy atom. The van der Waals surface area contributed by atoms with Gasteiger partial charge in [-0.3, -0.25) is 15.0 Å². The number of anilines is 1. The van der Waals surface area contributed by atoms with Crippen molar-refractivity contribution in [3.05, 3.63) is 30.5 Å². The lowest BCUT2D eigenvalue weighted by molar-refractivity contribution is -0.120. The number of nitrogens with one attached hydrogen (secondary N) is 1. The molecule has 1 N–H and O–H groups in total. The minimum Gasteiger partial charge on any atom is -0.474 e. The van der Waals surface area contributed by atoms with Crippen LogP contribution in [-0.4, -0.2) is 59.3 Å². The molecule has 2 fully saturated rings. The van der Waals surface area contributed by atoms with Crippen LogP contribution in [0.2, 0.25) is 0 Å². The Morgan fingerprint density at radius 3 is 2.57 bits per heavy atom. The van der Waals surface area contributed by atoms with Gasteiger partial charge in [-0.2, -0.15) is 0 Å². The molecule has 0 bridgehead atoms. The van der Waals surface area contributed by atoms with E-state index < -0.39 is 11.6 Å². The molecule has 9 nitrogen and oxygen atoms in total. The molecule has 0 saturated carbocycles. The summed E-state index contributed by atoms with van der Waals surface area (Å²) in [6, 6.07) is 3.06. The molecule has 1 aromatic rings. The van der Waals surface area contributed by atoms with Gasteiger partial charge in [0.25, 0.3) is 0 Å². The number of carbonyl (C=O) groups is 3. The van der Waals surface area contributed by atoms with Gasteiger partial charge in [0.2, 0.25) is 11.8 Å². The highest BCUT2D eigenvalue weighted by molar-refractivity contribution is 6.05. The number of carbonyl (C=O) groups excluding carboxylic acids is 3. The minimum absolute atomic E-state index is 0.0601. The van der Waals surface area contributed by atoms with Gasteiger partial charge in [-0.15, -0.1) is 0 Å². The van der Waals surface area contributed by atoms with Crippen LogP contribution in [0.5, 0.6) is 5.88 Å². The summed E-state index contributed by atoms with van der Waals surface area (Å²) < 4.78 is 11.4. The molecule has 162 valence electrons. The summed E-state index contributed by atoms with van der Waals surface area (Å²) in [5.74, 6) is 0.198. The second-order valence-electron chi connectivity index (χ2n) is 7.99. The molecular weight excluding hydrogens is 388 g/mol. The van der Waals surface area contributed by atoms with Crippen molar-refractivity contribution in [2.45, 2.75) is 51.7 Å². The topological polar surface area (TPSA) is 101 Å². The molecule has 1 aromatic heterocycles. The van der Waals surface area contributed by atoms with Crippen LogP contribution in [0.15, 0.2) is 24.8 Å². The van der Waals surface area contributed by atoms with Crippen LogP contribution in [0.4, 0.5) is 15.3 Å². The van der Waals surface area contributed by atoms with Crippen molar-refractivity contribution in [1.29, 1.82) is 0 Å². The number of hydrogen-bond donors (Lipinski definition) is 1. The highest BCUT2D eigenvalue weighted by Gasteiger charge is 2.29. The molecule has 0 aliphatic carbocycles. The van der Waals surface area contributed by atoms with E-state index in [0.29, 0.717) is 49.7 Å². The molecule has 3 rings (SSSR count). The first kappa shape index (κ1) is 21.6. The molecular formula is C21H28N4O5. The summed E-state index contributed by atoms with van der Waals surface area (Å²) in [4.78, 5) is 43.3. The quantitative estimate of drug-likeness (QED) is 0.741. The van der Waals surface area contributed by atoms with Crippen molar-refractivity contribution in [2.75, 3.05) is 24.5 Å². The third kappa shape index (κ3) is 5.08. The SMILES string of the molecule is C=CC(C)(C)OC(=O)N1CCC(Oc2ccc(N3CCC(=O)NC3=O)c(C)n2)CC1. The molecule has 2 aliphatic heterocycles. The maximum atomic E-state index is 12.3. The van der Waals surface area contributed by atoms with Gasteiger partial charge in [-0.05, 0) is 32.9 Å². The lowest BCUT2D eigenvalue weighted by atomic mass is 10.1. The molecule has 0 unspecified atom stereocenters. The number of nitrogens with zero attached hydrogens (tertiary/aromatic N) is 3. The van der Waals surface area contributed by atoms with Crippen LogP contribution in [-0.2, 0) is 9.53 Å². The number of hydrogen-bond acceptors (Lipinski definition) is 6. The number of aryl methyl sites for hydroxylation is 1. The Labute approximate surface area is 176 Å². The average molecular weight is 416 g/mol. The Morgan fingerprint density at radius 1 is 1.27 bits per heavy atom. The average Bonchev–Trinajstić information content (AvgIpc) is 2.69. The molecule has 2 saturated heterocycles. The molecule has 0 spiro atoms. The number of aromatic nitrogens is 1. The van der Waals surface area contributed by atoms with Crippen LogP contribution in [0.1, 0.15) is 38.8 Å². The fourth-order valence-corrected chi connectivity index (χ4v) is 3.33. The zero-order valence-electron chi connectivity index (χ0n) is 17.6. The molecule has 3 heterocycles. The zero-order chi connectivity index (χ0) is 21.9. The second-order valence-corrected chi connectivity index (χ2v) is 7.99. The summed E-state index contributed by atoms with van der Waals surface area (Å²) in [7, 11) is 0. The van der Waals surface area contributed by atoms with E-state index >= 15 is 0 Å². The summed E-state index contributed by atoms with van der Waals surface area (Å²) >= 11 is 0. The lowest BCUT2D eigenvalue weighted by Gasteiger charge is -2.33. The Balaban J connectivity index is 1.55. The highest BCUT2D eigenvalue weighted by atomic mass is 16.6. The number of ether oxygens (including phenoxy) is 2.